The molecule has 0 spiro atoms. The molecule has 51 nitrogen and oxygen atoms in total. The number of unbranched alkanes of at least 4 members (excludes halogenated alkanes) is 22. The standard InChI is InChI=1S/C96H164N4O47/c1-7-9-11-13-15-17-19-21-22-24-26-28-30-32-34-36-66(117)100-54(55(112)35-33-31-29-27-25-23-20-18-16-14-12-10-8-2)48-134-88-78(126)76(124)81(64(46-106)137-88)140-90-79(127)86(82(65(47-107)138-90)141-87-53(37-49(3)108)80(72(120)61(43-103)135-87)139-89-77(125)75(123)71(119)60(42-102)136-89)147-96(93(132)133)40-58(115)69(99-52(6)111)85(146-96)74(122)63(45-105)143-95(92(130)131)39-57(114)68(98-51(5)110)84(145-95)73(121)62(44-104)142-94(91(128)129)38-56(113)67(97-50(4)109)83(144-94)70(118)59(116)41-101/h21-22,33,35,53-65,67-90,101-107,112-116,118-127H,7-20,23-32,34,36-48H2,1-6H3,(H,97,109)(H,98,110)(H,99,111)(H,100,117)(H,128,129)(H,130,131)(H,132,133). The van der Waals surface area contributed by atoms with Crippen molar-refractivity contribution in [1.82, 2.24) is 21.3 Å². The summed E-state index contributed by atoms with van der Waals surface area (Å²) in [4.78, 5) is 108. The van der Waals surface area contributed by atoms with E-state index in [1.165, 1.54) is 63.9 Å². The van der Waals surface area contributed by atoms with Gasteiger partial charge in [-0.15, -0.1) is 0 Å². The van der Waals surface area contributed by atoms with Crippen LogP contribution in [0.2, 0.25) is 0 Å². The van der Waals surface area contributed by atoms with Crippen LogP contribution in [0.4, 0.5) is 0 Å². The van der Waals surface area contributed by atoms with Gasteiger partial charge in [0, 0.05) is 58.8 Å². The zero-order valence-corrected chi connectivity index (χ0v) is 84.2. The zero-order valence-electron chi connectivity index (χ0n) is 84.2. The molecule has 0 aliphatic carbocycles. The first kappa shape index (κ1) is 128. The molecule has 0 saturated carbocycles. The van der Waals surface area contributed by atoms with Gasteiger partial charge in [-0.1, -0.05) is 154 Å². The van der Waals surface area contributed by atoms with E-state index >= 15 is 0 Å². The van der Waals surface area contributed by atoms with E-state index < -0.39 is 369 Å². The smallest absolute Gasteiger partial charge is 0.364 e. The highest BCUT2D eigenvalue weighted by Gasteiger charge is 2.66. The number of carboxylic acids is 3. The van der Waals surface area contributed by atoms with Crippen molar-refractivity contribution in [3.63, 3.8) is 0 Å². The van der Waals surface area contributed by atoms with Crippen molar-refractivity contribution >= 4 is 47.3 Å². The number of rotatable bonds is 66. The van der Waals surface area contributed by atoms with E-state index in [1.807, 2.05) is 0 Å². The van der Waals surface area contributed by atoms with Gasteiger partial charge in [0.05, 0.1) is 108 Å². The summed E-state index contributed by atoms with van der Waals surface area (Å²) in [5.41, 5.74) is 0. The maximum atomic E-state index is 14.7. The van der Waals surface area contributed by atoms with Crippen LogP contribution in [0, 0.1) is 5.92 Å². The number of aliphatic hydroxyl groups is 22. The number of amides is 4. The summed E-state index contributed by atoms with van der Waals surface area (Å²) < 4.78 is 84.4. The number of aliphatic carboxylic acids is 3. The van der Waals surface area contributed by atoms with Crippen molar-refractivity contribution in [2.24, 2.45) is 5.92 Å². The van der Waals surface area contributed by atoms with Crippen molar-refractivity contribution < 1.29 is 232 Å². The maximum Gasteiger partial charge on any atom is 0.364 e. The average Bonchev–Trinajstić information content (AvgIpc) is 0.739. The first-order valence-corrected chi connectivity index (χ1v) is 51.2. The molecule has 51 heteroatoms. The number of ketones is 1. The highest BCUT2D eigenvalue weighted by molar-refractivity contribution is 5.79. The monoisotopic (exact) mass is 2130 g/mol. The molecule has 0 aromatic carbocycles. The molecule has 7 rings (SSSR count). The van der Waals surface area contributed by atoms with Crippen molar-refractivity contribution in [3.8, 4) is 0 Å². The van der Waals surface area contributed by atoms with Crippen LogP contribution in [0.1, 0.15) is 234 Å². The summed E-state index contributed by atoms with van der Waals surface area (Å²) in [7, 11) is 0. The number of allylic oxidation sites excluding steroid dienone is 3. The second-order valence-electron chi connectivity index (χ2n) is 39.2. The van der Waals surface area contributed by atoms with Gasteiger partial charge in [0.25, 0.3) is 17.4 Å². The third-order valence-corrected chi connectivity index (χ3v) is 27.5. The quantitative estimate of drug-likeness (QED) is 0.0199. The second-order valence-corrected chi connectivity index (χ2v) is 39.2. The van der Waals surface area contributed by atoms with E-state index in [9.17, 15) is 166 Å². The highest BCUT2D eigenvalue weighted by Crippen LogP contribution is 2.46. The molecule has 850 valence electrons. The lowest BCUT2D eigenvalue weighted by atomic mass is 9.86. The predicted molar refractivity (Wildman–Crippen MR) is 502 cm³/mol. The lowest BCUT2D eigenvalue weighted by Crippen LogP contribution is -2.72. The fourth-order valence-corrected chi connectivity index (χ4v) is 19.4. The minimum atomic E-state index is -3.81. The SMILES string of the molecule is CCCCCCCCC=CCCCCCCCC(=O)NC(COC1OC(CO)C(OC2OC(CO)C(OC3OC(CO)C(O)C(OC4OC(CO)C(O)C(O)C4O)C3CC(C)=O)C(OC3(C(=O)O)CC(O)C(NC(C)=O)C(C(O)C(CO)OC4(C(=O)O)CC(O)C(NC(C)=O)C(C(O)C(CO)OC5(C(=O)O)CC(O)C(NC(C)=O)C(C(O)C(O)CO)O5)O4)O3)C2O)C(O)C1O)C(O)C=CCCCCCCCCCCCCC. The van der Waals surface area contributed by atoms with E-state index in [-0.39, 0.29) is 6.42 Å². The van der Waals surface area contributed by atoms with Crippen LogP contribution >= 0.6 is 0 Å². The van der Waals surface area contributed by atoms with Gasteiger partial charge in [-0.25, -0.2) is 14.4 Å². The molecule has 147 heavy (non-hydrogen) atoms. The number of carboxylic acid groups (broad SMARTS) is 3. The molecule has 7 fully saturated rings. The summed E-state index contributed by atoms with van der Waals surface area (Å²) in [6.45, 7) is -2.20. The van der Waals surface area contributed by atoms with Gasteiger partial charge in [-0.2, -0.15) is 0 Å². The van der Waals surface area contributed by atoms with Crippen LogP contribution in [0.25, 0.3) is 0 Å². The van der Waals surface area contributed by atoms with Crippen molar-refractivity contribution in [2.45, 2.75) is 472 Å². The number of Topliss-reactive ketones (excluding diaryl/α,β-unsaturated/α-hetero) is 1. The molecule has 0 radical (unpaired) electrons. The Morgan fingerprint density at radius 2 is 0.762 bits per heavy atom. The average molecular weight is 2130 g/mol. The van der Waals surface area contributed by atoms with Crippen molar-refractivity contribution in [3.05, 3.63) is 24.3 Å². The molecule has 29 N–H and O–H groups in total. The fourth-order valence-electron chi connectivity index (χ4n) is 19.4. The Bertz CT molecular complexity index is 3960. The first-order valence-electron chi connectivity index (χ1n) is 51.2. The summed E-state index contributed by atoms with van der Waals surface area (Å²) in [5.74, 6) is -24.3. The summed E-state index contributed by atoms with van der Waals surface area (Å²) >= 11 is 0. The number of hydrogen-bond acceptors (Lipinski definition) is 44. The molecular formula is C96H164N4O47. The van der Waals surface area contributed by atoms with Gasteiger partial charge < -0.3 is 220 Å². The number of hydrogen-bond donors (Lipinski definition) is 29. The Labute approximate surface area is 852 Å². The molecule has 0 aromatic heterocycles. The number of carbonyl (C=O) groups excluding carboxylic acids is 5. The van der Waals surface area contributed by atoms with Gasteiger partial charge in [0.2, 0.25) is 23.6 Å². The largest absolute Gasteiger partial charge is 0.477 e. The molecule has 40 unspecified atom stereocenters. The fraction of sp³-hybridized carbons (Fsp3) is 0.875. The third kappa shape index (κ3) is 36.0. The van der Waals surface area contributed by atoms with Crippen LogP contribution < -0.4 is 21.3 Å². The van der Waals surface area contributed by atoms with E-state index in [4.69, 9.17) is 66.3 Å². The number of nitrogens with one attached hydrogen (secondary N) is 4. The van der Waals surface area contributed by atoms with Gasteiger partial charge in [0.15, 0.2) is 25.2 Å². The van der Waals surface area contributed by atoms with Gasteiger partial charge in [0.1, 0.15) is 146 Å². The van der Waals surface area contributed by atoms with Crippen molar-refractivity contribution in [1.29, 1.82) is 0 Å². The minimum Gasteiger partial charge on any atom is -0.477 e. The molecule has 4 amide bonds. The van der Waals surface area contributed by atoms with Gasteiger partial charge in [-0.3, -0.25) is 19.2 Å². The Hall–Kier alpha value is -6.00. The molecule has 0 bridgehead atoms. The van der Waals surface area contributed by atoms with Gasteiger partial charge in [-0.05, 0) is 51.9 Å². The Morgan fingerprint density at radius 3 is 1.20 bits per heavy atom. The molecule has 40 atom stereocenters. The lowest BCUT2D eigenvalue weighted by Gasteiger charge is -2.53. The van der Waals surface area contributed by atoms with E-state index in [2.05, 4.69) is 47.3 Å². The molecule has 0 aromatic rings. The Kier molecular flexibility index (Phi) is 54.9. The summed E-state index contributed by atoms with van der Waals surface area (Å²) in [5, 5.41) is 296. The summed E-state index contributed by atoms with van der Waals surface area (Å²) in [6.07, 6.45) is -46.0. The van der Waals surface area contributed by atoms with E-state index in [1.54, 1.807) is 6.08 Å². The van der Waals surface area contributed by atoms with Crippen LogP contribution in [0.5, 0.6) is 0 Å². The Balaban J connectivity index is 1.24. The normalized spacial score (nSPS) is 35.6. The molecule has 7 aliphatic heterocycles. The third-order valence-electron chi connectivity index (χ3n) is 27.5. The molecule has 7 aliphatic rings. The molecule has 7 heterocycles. The highest BCUT2D eigenvalue weighted by atomic mass is 16.8. The summed E-state index contributed by atoms with van der Waals surface area (Å²) in [6, 6.07) is -7.46. The van der Waals surface area contributed by atoms with Gasteiger partial charge >= 0.3 is 17.9 Å². The van der Waals surface area contributed by atoms with Crippen LogP contribution in [-0.4, -0.2) is 465 Å². The predicted octanol–water partition coefficient (Wildman–Crippen LogP) is -5.83. The number of carbonyl (C=O) groups is 8. The number of ether oxygens (including phenoxy) is 14. The topological polar surface area (TPSA) is 820 Å². The minimum absolute atomic E-state index is 0.0419. The lowest BCUT2D eigenvalue weighted by molar-refractivity contribution is -0.407. The van der Waals surface area contributed by atoms with Crippen molar-refractivity contribution in [2.75, 3.05) is 52.9 Å². The van der Waals surface area contributed by atoms with Crippen LogP contribution in [0.3, 0.4) is 0 Å². The van der Waals surface area contributed by atoms with E-state index in [0.717, 1.165) is 111 Å². The molecule has 7 saturated heterocycles. The first-order chi connectivity index (χ1) is 69.9. The van der Waals surface area contributed by atoms with E-state index in [0.29, 0.717) is 19.3 Å². The molecular weight excluding hydrogens is 1960 g/mol. The number of aliphatic hydroxyl groups excluding tert-OH is 22. The zero-order chi connectivity index (χ0) is 109. The van der Waals surface area contributed by atoms with Crippen LogP contribution in [-0.2, 0) is 105 Å². The Morgan fingerprint density at radius 1 is 0.388 bits per heavy atom. The second kappa shape index (κ2) is 63.1. The van der Waals surface area contributed by atoms with Crippen LogP contribution in [0.15, 0.2) is 24.3 Å². The maximum absolute atomic E-state index is 14.7.